The van der Waals surface area contributed by atoms with Crippen molar-refractivity contribution < 1.29 is 4.74 Å². The maximum Gasteiger partial charge on any atom is 0.228 e. The summed E-state index contributed by atoms with van der Waals surface area (Å²) in [6.45, 7) is 10.1. The lowest BCUT2D eigenvalue weighted by Gasteiger charge is -2.35. The number of anilines is 1. The standard InChI is InChI=1S/C15H20ClN3OS/c1-8(2)12-5-11-13(16)17-15(18-14(11)21-12)19-6-9(3)20-10(4)7-19/h5,8-10H,6-7H2,1-4H3. The van der Waals surface area contributed by atoms with Crippen LogP contribution in [0.5, 0.6) is 0 Å². The molecule has 0 aromatic carbocycles. The second-order valence-electron chi connectivity index (χ2n) is 6.00. The van der Waals surface area contributed by atoms with Crippen LogP contribution in [0.25, 0.3) is 10.2 Å². The van der Waals surface area contributed by atoms with Gasteiger partial charge in [0.1, 0.15) is 9.98 Å². The zero-order valence-electron chi connectivity index (χ0n) is 12.8. The summed E-state index contributed by atoms with van der Waals surface area (Å²) in [6.07, 6.45) is 0.364. The maximum absolute atomic E-state index is 6.37. The third kappa shape index (κ3) is 3.00. The monoisotopic (exact) mass is 325 g/mol. The molecule has 4 nitrogen and oxygen atoms in total. The Morgan fingerprint density at radius 3 is 2.57 bits per heavy atom. The molecule has 114 valence electrons. The van der Waals surface area contributed by atoms with Crippen molar-refractivity contribution in [3.8, 4) is 0 Å². The number of hydrogen-bond donors (Lipinski definition) is 0. The first-order chi connectivity index (χ1) is 9.94. The molecule has 0 saturated carbocycles. The van der Waals surface area contributed by atoms with Gasteiger partial charge in [-0.15, -0.1) is 11.3 Å². The van der Waals surface area contributed by atoms with Crippen LogP contribution in [-0.2, 0) is 4.74 Å². The van der Waals surface area contributed by atoms with Gasteiger partial charge < -0.3 is 9.64 Å². The molecule has 21 heavy (non-hydrogen) atoms. The van der Waals surface area contributed by atoms with Gasteiger partial charge >= 0.3 is 0 Å². The van der Waals surface area contributed by atoms with E-state index in [0.29, 0.717) is 17.0 Å². The molecule has 2 unspecified atom stereocenters. The van der Waals surface area contributed by atoms with Gasteiger partial charge in [-0.3, -0.25) is 0 Å². The SMILES string of the molecule is CC1CN(c2nc(Cl)c3cc(C(C)C)sc3n2)CC(C)O1. The van der Waals surface area contributed by atoms with E-state index in [1.54, 1.807) is 11.3 Å². The number of halogens is 1. The zero-order chi connectivity index (χ0) is 15.1. The molecule has 1 saturated heterocycles. The highest BCUT2D eigenvalue weighted by Crippen LogP contribution is 2.34. The summed E-state index contributed by atoms with van der Waals surface area (Å²) in [4.78, 5) is 13.7. The van der Waals surface area contributed by atoms with Crippen LogP contribution in [0.15, 0.2) is 6.07 Å². The fourth-order valence-corrected chi connectivity index (χ4v) is 3.97. The molecule has 2 aromatic rings. The molecule has 0 spiro atoms. The number of hydrogen-bond acceptors (Lipinski definition) is 5. The predicted octanol–water partition coefficient (Wildman–Crippen LogP) is 4.08. The number of thiophene rings is 1. The summed E-state index contributed by atoms with van der Waals surface area (Å²) in [7, 11) is 0. The van der Waals surface area contributed by atoms with E-state index < -0.39 is 0 Å². The Hall–Kier alpha value is -0.910. The van der Waals surface area contributed by atoms with Crippen molar-refractivity contribution in [1.82, 2.24) is 9.97 Å². The number of morpholine rings is 1. The molecule has 0 amide bonds. The molecule has 2 atom stereocenters. The second kappa shape index (κ2) is 5.71. The van der Waals surface area contributed by atoms with E-state index in [1.165, 1.54) is 4.88 Å². The average Bonchev–Trinajstić information content (AvgIpc) is 2.82. The van der Waals surface area contributed by atoms with Crippen LogP contribution in [0.3, 0.4) is 0 Å². The Balaban J connectivity index is 1.99. The van der Waals surface area contributed by atoms with Gasteiger partial charge in [0, 0.05) is 23.4 Å². The Labute approximate surface area is 134 Å². The van der Waals surface area contributed by atoms with Gasteiger partial charge in [0.05, 0.1) is 12.2 Å². The Morgan fingerprint density at radius 1 is 1.29 bits per heavy atom. The highest BCUT2D eigenvalue weighted by Gasteiger charge is 2.25. The topological polar surface area (TPSA) is 38.2 Å². The first kappa shape index (κ1) is 15.0. The number of nitrogens with zero attached hydrogens (tertiary/aromatic N) is 3. The average molecular weight is 326 g/mol. The molecular weight excluding hydrogens is 306 g/mol. The van der Waals surface area contributed by atoms with E-state index in [0.717, 1.165) is 23.3 Å². The molecule has 6 heteroatoms. The van der Waals surface area contributed by atoms with Crippen molar-refractivity contribution in [3.05, 3.63) is 16.1 Å². The van der Waals surface area contributed by atoms with Crippen molar-refractivity contribution in [3.63, 3.8) is 0 Å². The summed E-state index contributed by atoms with van der Waals surface area (Å²) < 4.78 is 5.76. The lowest BCUT2D eigenvalue weighted by atomic mass is 10.2. The molecule has 0 N–H and O–H groups in total. The largest absolute Gasteiger partial charge is 0.372 e. The molecule has 0 aliphatic carbocycles. The van der Waals surface area contributed by atoms with Crippen LogP contribution in [-0.4, -0.2) is 35.3 Å². The lowest BCUT2D eigenvalue weighted by molar-refractivity contribution is -0.00569. The first-order valence-corrected chi connectivity index (χ1v) is 8.51. The van der Waals surface area contributed by atoms with Gasteiger partial charge in [0.25, 0.3) is 0 Å². The van der Waals surface area contributed by atoms with E-state index in [4.69, 9.17) is 21.3 Å². The van der Waals surface area contributed by atoms with Crippen LogP contribution in [0.2, 0.25) is 5.15 Å². The van der Waals surface area contributed by atoms with Crippen LogP contribution in [0, 0.1) is 0 Å². The Kier molecular flexibility index (Phi) is 4.08. The summed E-state index contributed by atoms with van der Waals surface area (Å²) in [6, 6.07) is 2.11. The quantitative estimate of drug-likeness (QED) is 0.780. The van der Waals surface area contributed by atoms with Gasteiger partial charge in [-0.25, -0.2) is 9.97 Å². The molecule has 0 bridgehead atoms. The van der Waals surface area contributed by atoms with Gasteiger partial charge in [-0.2, -0.15) is 0 Å². The van der Waals surface area contributed by atoms with Crippen LogP contribution < -0.4 is 4.90 Å². The molecular formula is C15H20ClN3OS. The highest BCUT2D eigenvalue weighted by atomic mass is 35.5. The Morgan fingerprint density at radius 2 is 1.95 bits per heavy atom. The van der Waals surface area contributed by atoms with Crippen LogP contribution in [0.1, 0.15) is 38.5 Å². The van der Waals surface area contributed by atoms with E-state index in [1.807, 2.05) is 0 Å². The van der Waals surface area contributed by atoms with E-state index in [2.05, 4.69) is 43.6 Å². The highest BCUT2D eigenvalue weighted by molar-refractivity contribution is 7.18. The van der Waals surface area contributed by atoms with E-state index in [9.17, 15) is 0 Å². The summed E-state index contributed by atoms with van der Waals surface area (Å²) in [5, 5.41) is 1.51. The van der Waals surface area contributed by atoms with Gasteiger partial charge in [-0.1, -0.05) is 25.4 Å². The summed E-state index contributed by atoms with van der Waals surface area (Å²) in [5.41, 5.74) is 0. The van der Waals surface area contributed by atoms with Crippen molar-refractivity contribution in [2.75, 3.05) is 18.0 Å². The Bertz CT molecular complexity index is 648. The van der Waals surface area contributed by atoms with Gasteiger partial charge in [-0.05, 0) is 25.8 Å². The van der Waals surface area contributed by atoms with Crippen molar-refractivity contribution in [1.29, 1.82) is 0 Å². The fourth-order valence-electron chi connectivity index (χ4n) is 2.66. The van der Waals surface area contributed by atoms with E-state index >= 15 is 0 Å². The predicted molar refractivity (Wildman–Crippen MR) is 88.7 cm³/mol. The fraction of sp³-hybridized carbons (Fsp3) is 0.600. The molecule has 3 heterocycles. The van der Waals surface area contributed by atoms with E-state index in [-0.39, 0.29) is 12.2 Å². The third-order valence-electron chi connectivity index (χ3n) is 3.62. The van der Waals surface area contributed by atoms with Crippen molar-refractivity contribution >= 4 is 39.1 Å². The summed E-state index contributed by atoms with van der Waals surface area (Å²) >= 11 is 8.08. The molecule has 1 aliphatic heterocycles. The minimum absolute atomic E-state index is 0.182. The van der Waals surface area contributed by atoms with Crippen LogP contribution >= 0.6 is 22.9 Å². The molecule has 0 radical (unpaired) electrons. The molecule has 1 aliphatic rings. The zero-order valence-corrected chi connectivity index (χ0v) is 14.3. The molecule has 1 fully saturated rings. The minimum Gasteiger partial charge on any atom is -0.372 e. The first-order valence-electron chi connectivity index (χ1n) is 7.31. The van der Waals surface area contributed by atoms with Crippen LogP contribution in [0.4, 0.5) is 5.95 Å². The summed E-state index contributed by atoms with van der Waals surface area (Å²) in [5.74, 6) is 1.19. The van der Waals surface area contributed by atoms with Gasteiger partial charge in [0.15, 0.2) is 0 Å². The second-order valence-corrected chi connectivity index (χ2v) is 7.42. The minimum atomic E-state index is 0.182. The number of aromatic nitrogens is 2. The maximum atomic E-state index is 6.37. The molecule has 2 aromatic heterocycles. The smallest absolute Gasteiger partial charge is 0.228 e. The number of fused-ring (bicyclic) bond motifs is 1. The third-order valence-corrected chi connectivity index (χ3v) is 5.24. The molecule has 3 rings (SSSR count). The number of rotatable bonds is 2. The normalized spacial score (nSPS) is 23.2. The number of ether oxygens (including phenoxy) is 1. The lowest BCUT2D eigenvalue weighted by Crippen LogP contribution is -2.46. The van der Waals surface area contributed by atoms with Crippen molar-refractivity contribution in [2.24, 2.45) is 0 Å². The van der Waals surface area contributed by atoms with Gasteiger partial charge in [0.2, 0.25) is 5.95 Å². The van der Waals surface area contributed by atoms with Crippen molar-refractivity contribution in [2.45, 2.75) is 45.8 Å².